The standard InChI is InChI=1S/C19H17N3O/c20-19(9-7-13-3-1-2-4-17(13)19)18(23)22-16-6-5-15-12-21-10-8-14(15)11-16/h1-6,8,10-12H,7,9,20H2,(H,22,23). The highest BCUT2D eigenvalue weighted by Crippen LogP contribution is 2.35. The van der Waals surface area contributed by atoms with Crippen LogP contribution in [0.1, 0.15) is 17.5 Å². The first-order valence-electron chi connectivity index (χ1n) is 7.69. The Morgan fingerprint density at radius 1 is 1.13 bits per heavy atom. The van der Waals surface area contributed by atoms with Gasteiger partial charge in [0.15, 0.2) is 0 Å². The molecule has 3 aromatic rings. The van der Waals surface area contributed by atoms with Gasteiger partial charge in [-0.2, -0.15) is 0 Å². The number of hydrogen-bond acceptors (Lipinski definition) is 3. The van der Waals surface area contributed by atoms with Crippen LogP contribution in [0.4, 0.5) is 5.69 Å². The number of anilines is 1. The lowest BCUT2D eigenvalue weighted by Crippen LogP contribution is -2.46. The largest absolute Gasteiger partial charge is 0.324 e. The van der Waals surface area contributed by atoms with Crippen molar-refractivity contribution in [2.45, 2.75) is 18.4 Å². The smallest absolute Gasteiger partial charge is 0.249 e. The van der Waals surface area contributed by atoms with E-state index < -0.39 is 5.54 Å². The Morgan fingerprint density at radius 3 is 2.91 bits per heavy atom. The summed E-state index contributed by atoms with van der Waals surface area (Å²) in [4.78, 5) is 16.9. The zero-order valence-corrected chi connectivity index (χ0v) is 12.6. The second kappa shape index (κ2) is 5.18. The fraction of sp³-hybridized carbons (Fsp3) is 0.158. The molecule has 0 aliphatic heterocycles. The lowest BCUT2D eigenvalue weighted by atomic mass is 9.92. The Hall–Kier alpha value is -2.72. The molecule has 4 heteroatoms. The van der Waals surface area contributed by atoms with Crippen LogP contribution in [0.5, 0.6) is 0 Å². The van der Waals surface area contributed by atoms with Crippen LogP contribution in [0.25, 0.3) is 10.8 Å². The molecule has 0 saturated carbocycles. The lowest BCUT2D eigenvalue weighted by Gasteiger charge is -2.24. The molecular weight excluding hydrogens is 286 g/mol. The van der Waals surface area contributed by atoms with Crippen molar-refractivity contribution in [3.05, 3.63) is 72.1 Å². The van der Waals surface area contributed by atoms with Crippen molar-refractivity contribution >= 4 is 22.4 Å². The highest BCUT2D eigenvalue weighted by molar-refractivity contribution is 6.00. The summed E-state index contributed by atoms with van der Waals surface area (Å²) in [6, 6.07) is 15.6. The van der Waals surface area contributed by atoms with E-state index in [0.29, 0.717) is 6.42 Å². The van der Waals surface area contributed by atoms with Crippen LogP contribution in [0.15, 0.2) is 60.9 Å². The summed E-state index contributed by atoms with van der Waals surface area (Å²) in [6.07, 6.45) is 5.02. The Bertz CT molecular complexity index is 906. The van der Waals surface area contributed by atoms with E-state index in [0.717, 1.165) is 34.0 Å². The Balaban J connectivity index is 1.64. The molecule has 1 aliphatic rings. The van der Waals surface area contributed by atoms with Gasteiger partial charge in [-0.15, -0.1) is 0 Å². The van der Waals surface area contributed by atoms with Crippen molar-refractivity contribution in [1.82, 2.24) is 4.98 Å². The highest BCUT2D eigenvalue weighted by Gasteiger charge is 2.41. The van der Waals surface area contributed by atoms with Crippen LogP contribution < -0.4 is 11.1 Å². The average molecular weight is 303 g/mol. The molecule has 2 aromatic carbocycles. The Kier molecular flexibility index (Phi) is 3.13. The van der Waals surface area contributed by atoms with Crippen molar-refractivity contribution in [2.75, 3.05) is 5.32 Å². The van der Waals surface area contributed by atoms with Gasteiger partial charge in [0.2, 0.25) is 5.91 Å². The van der Waals surface area contributed by atoms with Crippen molar-refractivity contribution in [3.8, 4) is 0 Å². The number of aromatic nitrogens is 1. The first-order valence-corrected chi connectivity index (χ1v) is 7.69. The second-order valence-electron chi connectivity index (χ2n) is 6.02. The maximum Gasteiger partial charge on any atom is 0.249 e. The number of fused-ring (bicyclic) bond motifs is 2. The third-order valence-corrected chi connectivity index (χ3v) is 4.59. The summed E-state index contributed by atoms with van der Waals surface area (Å²) < 4.78 is 0. The van der Waals surface area contributed by atoms with Crippen LogP contribution in [-0.4, -0.2) is 10.9 Å². The Morgan fingerprint density at radius 2 is 2.00 bits per heavy atom. The topological polar surface area (TPSA) is 68.0 Å². The minimum atomic E-state index is -0.955. The van der Waals surface area contributed by atoms with E-state index in [9.17, 15) is 4.79 Å². The number of carbonyl (C=O) groups is 1. The minimum absolute atomic E-state index is 0.157. The minimum Gasteiger partial charge on any atom is -0.324 e. The van der Waals surface area contributed by atoms with Gasteiger partial charge in [0.05, 0.1) is 0 Å². The molecule has 1 aromatic heterocycles. The summed E-state index contributed by atoms with van der Waals surface area (Å²) in [5.41, 5.74) is 8.35. The third kappa shape index (κ3) is 2.28. The SMILES string of the molecule is NC1(C(=O)Nc2ccc3cnccc3c2)CCc2ccccc21. The van der Waals surface area contributed by atoms with E-state index in [4.69, 9.17) is 5.73 Å². The van der Waals surface area contributed by atoms with Gasteiger partial charge in [0.25, 0.3) is 0 Å². The fourth-order valence-corrected chi connectivity index (χ4v) is 3.28. The molecule has 1 unspecified atom stereocenters. The first kappa shape index (κ1) is 13.9. The quantitative estimate of drug-likeness (QED) is 0.765. The molecule has 4 nitrogen and oxygen atoms in total. The summed E-state index contributed by atoms with van der Waals surface area (Å²) in [6.45, 7) is 0. The third-order valence-electron chi connectivity index (χ3n) is 4.59. The number of benzene rings is 2. The average Bonchev–Trinajstić information content (AvgIpc) is 2.94. The monoisotopic (exact) mass is 303 g/mol. The lowest BCUT2D eigenvalue weighted by molar-refractivity contribution is -0.121. The Labute approximate surface area is 134 Å². The maximum absolute atomic E-state index is 12.8. The second-order valence-corrected chi connectivity index (χ2v) is 6.02. The van der Waals surface area contributed by atoms with E-state index in [1.165, 1.54) is 0 Å². The number of carbonyl (C=O) groups excluding carboxylic acids is 1. The number of nitrogens with zero attached hydrogens (tertiary/aromatic N) is 1. The molecule has 1 amide bonds. The van der Waals surface area contributed by atoms with Crippen LogP contribution in [-0.2, 0) is 16.8 Å². The van der Waals surface area contributed by atoms with Crippen LogP contribution in [0.3, 0.4) is 0 Å². The maximum atomic E-state index is 12.8. The predicted octanol–water partition coefficient (Wildman–Crippen LogP) is 2.97. The van der Waals surface area contributed by atoms with Crippen molar-refractivity contribution in [1.29, 1.82) is 0 Å². The fourth-order valence-electron chi connectivity index (χ4n) is 3.28. The van der Waals surface area contributed by atoms with Crippen LogP contribution >= 0.6 is 0 Å². The van der Waals surface area contributed by atoms with Crippen LogP contribution in [0, 0.1) is 0 Å². The number of amides is 1. The molecule has 0 fully saturated rings. The number of nitrogens with one attached hydrogen (secondary N) is 1. The van der Waals surface area contributed by atoms with Gasteiger partial charge in [-0.1, -0.05) is 30.3 Å². The summed E-state index contributed by atoms with van der Waals surface area (Å²) in [5, 5.41) is 5.05. The van der Waals surface area contributed by atoms with E-state index in [1.807, 2.05) is 48.5 Å². The predicted molar refractivity (Wildman–Crippen MR) is 91.0 cm³/mol. The molecule has 114 valence electrons. The van der Waals surface area contributed by atoms with Gasteiger partial charge >= 0.3 is 0 Å². The molecule has 23 heavy (non-hydrogen) atoms. The van der Waals surface area contributed by atoms with E-state index >= 15 is 0 Å². The van der Waals surface area contributed by atoms with Gasteiger partial charge in [-0.25, -0.2) is 0 Å². The molecule has 1 heterocycles. The summed E-state index contributed by atoms with van der Waals surface area (Å²) in [5.74, 6) is -0.157. The molecule has 3 N–H and O–H groups in total. The molecule has 1 aliphatic carbocycles. The van der Waals surface area contributed by atoms with Crippen LogP contribution in [0.2, 0.25) is 0 Å². The van der Waals surface area contributed by atoms with Gasteiger partial charge in [0.1, 0.15) is 5.54 Å². The number of rotatable bonds is 2. The van der Waals surface area contributed by atoms with E-state index in [1.54, 1.807) is 12.4 Å². The zero-order valence-electron chi connectivity index (χ0n) is 12.6. The molecule has 0 bridgehead atoms. The number of aryl methyl sites for hydroxylation is 1. The van der Waals surface area contributed by atoms with E-state index in [2.05, 4.69) is 10.3 Å². The van der Waals surface area contributed by atoms with Gasteiger partial charge < -0.3 is 11.1 Å². The number of nitrogens with two attached hydrogens (primary N) is 1. The van der Waals surface area contributed by atoms with Crippen molar-refractivity contribution < 1.29 is 4.79 Å². The molecule has 0 spiro atoms. The number of pyridine rings is 1. The molecular formula is C19H17N3O. The van der Waals surface area contributed by atoms with Gasteiger partial charge in [-0.3, -0.25) is 9.78 Å². The summed E-state index contributed by atoms with van der Waals surface area (Å²) >= 11 is 0. The van der Waals surface area contributed by atoms with Gasteiger partial charge in [0, 0.05) is 23.5 Å². The zero-order chi connectivity index (χ0) is 15.9. The van der Waals surface area contributed by atoms with Crippen molar-refractivity contribution in [3.63, 3.8) is 0 Å². The van der Waals surface area contributed by atoms with E-state index in [-0.39, 0.29) is 5.91 Å². The summed E-state index contributed by atoms with van der Waals surface area (Å²) in [7, 11) is 0. The first-order chi connectivity index (χ1) is 11.2. The molecule has 0 radical (unpaired) electrons. The normalized spacial score (nSPS) is 19.5. The molecule has 0 saturated heterocycles. The number of hydrogen-bond donors (Lipinski definition) is 2. The molecule has 4 rings (SSSR count). The van der Waals surface area contributed by atoms with Crippen molar-refractivity contribution in [2.24, 2.45) is 5.73 Å². The highest BCUT2D eigenvalue weighted by atomic mass is 16.2. The van der Waals surface area contributed by atoms with Gasteiger partial charge in [-0.05, 0) is 47.6 Å². The molecule has 1 atom stereocenters.